The Morgan fingerprint density at radius 3 is 2.32 bits per heavy atom. The van der Waals surface area contributed by atoms with Crippen molar-refractivity contribution in [2.24, 2.45) is 0 Å². The van der Waals surface area contributed by atoms with Crippen molar-refractivity contribution in [1.29, 1.82) is 0 Å². The van der Waals surface area contributed by atoms with Gasteiger partial charge in [0.1, 0.15) is 23.2 Å². The number of ketones is 1. The molecule has 1 fully saturated rings. The molecule has 9 heteroatoms. The molecule has 1 aromatic heterocycles. The molecule has 38 heavy (non-hydrogen) atoms. The number of Topliss-reactive ketones (excluding diaryl/α,β-unsaturated/α-hetero) is 1. The Morgan fingerprint density at radius 1 is 1.00 bits per heavy atom. The number of aryl methyl sites for hydroxylation is 1. The standard InChI is InChI=1S/C29H33F2N3O3S/c1-20(23-10-15-27(25(31)19-23)33-38(2,36)37)28(35)16-11-22-9-14-26(21-7-12-24(30)13-8-21)32-29(22)34-17-5-3-4-6-18-34/h7-10,12-15,19-20,33H,3-6,11,16-18H2,1-2H3. The lowest BCUT2D eigenvalue weighted by Crippen LogP contribution is -2.26. The van der Waals surface area contributed by atoms with Crippen LogP contribution in [0.3, 0.4) is 0 Å². The number of nitrogens with one attached hydrogen (secondary N) is 1. The minimum Gasteiger partial charge on any atom is -0.356 e. The van der Waals surface area contributed by atoms with Gasteiger partial charge in [-0.25, -0.2) is 22.2 Å². The average molecular weight is 542 g/mol. The van der Waals surface area contributed by atoms with Gasteiger partial charge in [0.2, 0.25) is 10.0 Å². The zero-order chi connectivity index (χ0) is 27.3. The lowest BCUT2D eigenvalue weighted by Gasteiger charge is -2.25. The first-order chi connectivity index (χ1) is 18.1. The molecular formula is C29H33F2N3O3S. The topological polar surface area (TPSA) is 79.4 Å². The largest absolute Gasteiger partial charge is 0.356 e. The van der Waals surface area contributed by atoms with Crippen molar-refractivity contribution >= 4 is 27.3 Å². The highest BCUT2D eigenvalue weighted by molar-refractivity contribution is 7.92. The van der Waals surface area contributed by atoms with E-state index in [4.69, 9.17) is 4.98 Å². The highest BCUT2D eigenvalue weighted by Crippen LogP contribution is 2.29. The lowest BCUT2D eigenvalue weighted by atomic mass is 9.92. The van der Waals surface area contributed by atoms with Gasteiger partial charge in [0.25, 0.3) is 0 Å². The van der Waals surface area contributed by atoms with Gasteiger partial charge in [0.15, 0.2) is 0 Å². The summed E-state index contributed by atoms with van der Waals surface area (Å²) in [5.74, 6) is -0.762. The number of sulfonamides is 1. The second-order valence-corrected chi connectivity index (χ2v) is 11.6. The first-order valence-corrected chi connectivity index (χ1v) is 14.8. The minimum atomic E-state index is -3.61. The lowest BCUT2D eigenvalue weighted by molar-refractivity contribution is -0.120. The van der Waals surface area contributed by atoms with Crippen LogP contribution in [0.5, 0.6) is 0 Å². The normalized spacial score (nSPS) is 15.1. The molecule has 0 amide bonds. The number of halogens is 2. The molecule has 1 aliphatic rings. The van der Waals surface area contributed by atoms with E-state index in [0.717, 1.165) is 54.8 Å². The second kappa shape index (κ2) is 12.0. The maximum atomic E-state index is 14.5. The van der Waals surface area contributed by atoms with E-state index in [1.54, 1.807) is 25.1 Å². The number of anilines is 2. The molecule has 4 rings (SSSR count). The average Bonchev–Trinajstić information content (AvgIpc) is 3.17. The number of rotatable bonds is 9. The Labute approximate surface area is 223 Å². The summed E-state index contributed by atoms with van der Waals surface area (Å²) in [6, 6.07) is 14.3. The first kappa shape index (κ1) is 27.7. The quantitative estimate of drug-likeness (QED) is 0.355. The highest BCUT2D eigenvalue weighted by atomic mass is 32.2. The smallest absolute Gasteiger partial charge is 0.229 e. The van der Waals surface area contributed by atoms with Crippen LogP contribution < -0.4 is 9.62 Å². The number of carbonyl (C=O) groups is 1. The summed E-state index contributed by atoms with van der Waals surface area (Å²) >= 11 is 0. The fraction of sp³-hybridized carbons (Fsp3) is 0.379. The Bertz CT molecular complexity index is 1390. The van der Waals surface area contributed by atoms with E-state index in [2.05, 4.69) is 9.62 Å². The molecule has 0 bridgehead atoms. The molecule has 0 radical (unpaired) electrons. The van der Waals surface area contributed by atoms with Crippen molar-refractivity contribution in [3.63, 3.8) is 0 Å². The van der Waals surface area contributed by atoms with Gasteiger partial charge < -0.3 is 4.90 Å². The van der Waals surface area contributed by atoms with Crippen LogP contribution in [-0.2, 0) is 21.2 Å². The summed E-state index contributed by atoms with van der Waals surface area (Å²) in [5.41, 5.74) is 2.90. The van der Waals surface area contributed by atoms with Gasteiger partial charge in [0.05, 0.1) is 17.6 Å². The molecule has 2 aromatic carbocycles. The van der Waals surface area contributed by atoms with Crippen LogP contribution in [0, 0.1) is 11.6 Å². The third-order valence-electron chi connectivity index (χ3n) is 6.91. The molecule has 2 heterocycles. The zero-order valence-electron chi connectivity index (χ0n) is 21.7. The summed E-state index contributed by atoms with van der Waals surface area (Å²) in [6.45, 7) is 3.51. The van der Waals surface area contributed by atoms with Gasteiger partial charge in [-0.05, 0) is 72.9 Å². The molecule has 1 unspecified atom stereocenters. The summed E-state index contributed by atoms with van der Waals surface area (Å²) in [5, 5.41) is 0. The van der Waals surface area contributed by atoms with Crippen LogP contribution in [0.1, 0.15) is 56.1 Å². The second-order valence-electron chi connectivity index (χ2n) is 9.89. The van der Waals surface area contributed by atoms with Crippen LogP contribution >= 0.6 is 0 Å². The fourth-order valence-electron chi connectivity index (χ4n) is 4.75. The van der Waals surface area contributed by atoms with Crippen LogP contribution in [0.2, 0.25) is 0 Å². The van der Waals surface area contributed by atoms with E-state index >= 15 is 0 Å². The van der Waals surface area contributed by atoms with E-state index in [-0.39, 0.29) is 23.7 Å². The van der Waals surface area contributed by atoms with Crippen LogP contribution in [0.15, 0.2) is 54.6 Å². The van der Waals surface area contributed by atoms with Crippen molar-refractivity contribution < 1.29 is 22.0 Å². The molecule has 6 nitrogen and oxygen atoms in total. The predicted octanol–water partition coefficient (Wildman–Crippen LogP) is 6.08. The number of pyridine rings is 1. The number of carbonyl (C=O) groups excluding carboxylic acids is 1. The third-order valence-corrected chi connectivity index (χ3v) is 7.50. The predicted molar refractivity (Wildman–Crippen MR) is 147 cm³/mol. The fourth-order valence-corrected chi connectivity index (χ4v) is 5.32. The maximum Gasteiger partial charge on any atom is 0.229 e. The summed E-state index contributed by atoms with van der Waals surface area (Å²) in [7, 11) is -3.61. The highest BCUT2D eigenvalue weighted by Gasteiger charge is 2.21. The number of hydrogen-bond acceptors (Lipinski definition) is 5. The molecule has 0 saturated carbocycles. The summed E-state index contributed by atoms with van der Waals surface area (Å²) in [4.78, 5) is 20.3. The number of hydrogen-bond donors (Lipinski definition) is 1. The summed E-state index contributed by atoms with van der Waals surface area (Å²) in [6.07, 6.45) is 6.20. The van der Waals surface area contributed by atoms with Crippen molar-refractivity contribution in [3.8, 4) is 11.3 Å². The van der Waals surface area contributed by atoms with Gasteiger partial charge in [0, 0.05) is 31.0 Å². The molecule has 202 valence electrons. The van der Waals surface area contributed by atoms with Gasteiger partial charge in [-0.15, -0.1) is 0 Å². The molecule has 3 aromatic rings. The number of nitrogens with zero attached hydrogens (tertiary/aromatic N) is 2. The van der Waals surface area contributed by atoms with E-state index in [0.29, 0.717) is 12.0 Å². The molecule has 0 aliphatic carbocycles. The van der Waals surface area contributed by atoms with E-state index < -0.39 is 21.8 Å². The van der Waals surface area contributed by atoms with Crippen molar-refractivity contribution in [2.45, 2.75) is 51.4 Å². The van der Waals surface area contributed by atoms with Gasteiger partial charge >= 0.3 is 0 Å². The molecule has 0 spiro atoms. The molecule has 1 aliphatic heterocycles. The first-order valence-electron chi connectivity index (χ1n) is 12.9. The van der Waals surface area contributed by atoms with E-state index in [1.807, 2.05) is 12.1 Å². The molecule has 1 N–H and O–H groups in total. The molecule has 1 atom stereocenters. The monoisotopic (exact) mass is 541 g/mol. The molecule has 1 saturated heterocycles. The number of aromatic nitrogens is 1. The van der Waals surface area contributed by atoms with E-state index in [9.17, 15) is 22.0 Å². The van der Waals surface area contributed by atoms with Crippen LogP contribution in [0.25, 0.3) is 11.3 Å². The van der Waals surface area contributed by atoms with Crippen LogP contribution in [0.4, 0.5) is 20.3 Å². The van der Waals surface area contributed by atoms with Crippen molar-refractivity contribution in [3.05, 3.63) is 77.4 Å². The van der Waals surface area contributed by atoms with Gasteiger partial charge in [-0.2, -0.15) is 0 Å². The third kappa shape index (κ3) is 7.16. The summed E-state index contributed by atoms with van der Waals surface area (Å²) < 4.78 is 52.9. The zero-order valence-corrected chi connectivity index (χ0v) is 22.5. The maximum absolute atomic E-state index is 14.5. The number of benzene rings is 2. The van der Waals surface area contributed by atoms with E-state index in [1.165, 1.54) is 37.1 Å². The minimum absolute atomic E-state index is 0.0438. The van der Waals surface area contributed by atoms with Crippen LogP contribution in [-0.4, -0.2) is 38.5 Å². The Hall–Kier alpha value is -3.33. The van der Waals surface area contributed by atoms with Crippen molar-refractivity contribution in [2.75, 3.05) is 29.0 Å². The Balaban J connectivity index is 1.52. The van der Waals surface area contributed by atoms with Gasteiger partial charge in [-0.3, -0.25) is 9.52 Å². The van der Waals surface area contributed by atoms with Crippen molar-refractivity contribution in [1.82, 2.24) is 4.98 Å². The Kier molecular flexibility index (Phi) is 8.76. The Morgan fingerprint density at radius 2 is 1.68 bits per heavy atom. The SMILES string of the molecule is CC(C(=O)CCc1ccc(-c2ccc(F)cc2)nc1N1CCCCCC1)c1ccc(NS(C)(=O)=O)c(F)c1. The van der Waals surface area contributed by atoms with Gasteiger partial charge in [-0.1, -0.05) is 31.9 Å². The molecular weight excluding hydrogens is 508 g/mol.